The number of hydrogen-bond donors (Lipinski definition) is 1. The van der Waals surface area contributed by atoms with Gasteiger partial charge in [-0.15, -0.1) is 0 Å². The van der Waals surface area contributed by atoms with Crippen molar-refractivity contribution in [3.05, 3.63) is 65.9 Å². The molecule has 1 fully saturated rings. The number of nitrogens with one attached hydrogen (secondary N) is 1. The molecule has 0 aliphatic carbocycles. The van der Waals surface area contributed by atoms with Crippen molar-refractivity contribution in [3.63, 3.8) is 0 Å². The molecule has 1 aliphatic heterocycles. The molecule has 4 rings (SSSR count). The third kappa shape index (κ3) is 4.11. The quantitative estimate of drug-likeness (QED) is 0.667. The van der Waals surface area contributed by atoms with Crippen LogP contribution in [0.4, 0.5) is 5.69 Å². The van der Waals surface area contributed by atoms with Crippen LogP contribution in [-0.2, 0) is 11.3 Å². The summed E-state index contributed by atoms with van der Waals surface area (Å²) < 4.78 is 12.1. The fourth-order valence-electron chi connectivity index (χ4n) is 3.96. The van der Waals surface area contributed by atoms with Crippen LogP contribution in [0.15, 0.2) is 59.0 Å². The number of para-hydroxylation sites is 1. The van der Waals surface area contributed by atoms with Crippen LogP contribution in [-0.4, -0.2) is 43.7 Å². The lowest BCUT2D eigenvalue weighted by molar-refractivity contribution is -0.929. The Balaban J connectivity index is 1.40. The summed E-state index contributed by atoms with van der Waals surface area (Å²) in [5.41, 5.74) is 2.75. The van der Waals surface area contributed by atoms with Crippen LogP contribution in [0.25, 0.3) is 11.0 Å². The number of quaternary nitrogens is 1. The molecule has 2 heterocycles. The van der Waals surface area contributed by atoms with Crippen molar-refractivity contribution in [2.75, 3.05) is 32.6 Å². The Morgan fingerprint density at radius 2 is 1.79 bits per heavy atom. The van der Waals surface area contributed by atoms with Crippen LogP contribution in [0.3, 0.4) is 0 Å². The fraction of sp³-hybridized carbons (Fsp3) is 0.348. The molecule has 0 saturated carbocycles. The highest BCUT2D eigenvalue weighted by molar-refractivity contribution is 6.04. The van der Waals surface area contributed by atoms with Crippen LogP contribution < -0.4 is 5.32 Å². The van der Waals surface area contributed by atoms with Gasteiger partial charge in [0.25, 0.3) is 5.91 Å². The number of carbonyl (C=O) groups excluding carboxylic acids is 1. The van der Waals surface area contributed by atoms with E-state index in [-0.39, 0.29) is 5.91 Å². The normalized spacial score (nSPS) is 15.6. The van der Waals surface area contributed by atoms with Crippen LogP contribution in [0.5, 0.6) is 0 Å². The minimum absolute atomic E-state index is 0.234. The number of hydrogen-bond acceptors (Lipinski definition) is 3. The van der Waals surface area contributed by atoms with Gasteiger partial charge < -0.3 is 19.0 Å². The zero-order valence-electron chi connectivity index (χ0n) is 16.5. The van der Waals surface area contributed by atoms with Crippen LogP contribution in [0.2, 0.25) is 0 Å². The zero-order chi connectivity index (χ0) is 19.6. The lowest BCUT2D eigenvalue weighted by atomic mass is 10.0. The molecule has 0 atom stereocenters. The maximum atomic E-state index is 12.5. The minimum atomic E-state index is -0.234. The summed E-state index contributed by atoms with van der Waals surface area (Å²) in [5.74, 6) is 0.0878. The molecule has 0 radical (unpaired) electrons. The minimum Gasteiger partial charge on any atom is -0.451 e. The summed E-state index contributed by atoms with van der Waals surface area (Å²) in [4.78, 5) is 12.5. The second kappa shape index (κ2) is 7.78. The highest BCUT2D eigenvalue weighted by Crippen LogP contribution is 2.23. The van der Waals surface area contributed by atoms with E-state index in [4.69, 9.17) is 9.15 Å². The molecule has 5 nitrogen and oxygen atoms in total. The van der Waals surface area contributed by atoms with E-state index in [0.29, 0.717) is 11.8 Å². The number of furan rings is 1. The van der Waals surface area contributed by atoms with E-state index in [1.807, 2.05) is 36.4 Å². The van der Waals surface area contributed by atoms with Gasteiger partial charge in [-0.2, -0.15) is 0 Å². The summed E-state index contributed by atoms with van der Waals surface area (Å²) in [6, 6.07) is 18.1. The Bertz CT molecular complexity index is 920. The van der Waals surface area contributed by atoms with Gasteiger partial charge >= 0.3 is 0 Å². The van der Waals surface area contributed by atoms with Crippen molar-refractivity contribution in [1.82, 2.24) is 0 Å². The first-order valence-electron chi connectivity index (χ1n) is 9.80. The molecular formula is C23H27N2O3+. The summed E-state index contributed by atoms with van der Waals surface area (Å²) >= 11 is 0. The lowest BCUT2D eigenvalue weighted by Crippen LogP contribution is -2.50. The summed E-state index contributed by atoms with van der Waals surface area (Å²) in [6.07, 6.45) is 2.22. The number of rotatable bonds is 5. The molecule has 1 amide bonds. The van der Waals surface area contributed by atoms with E-state index in [2.05, 4.69) is 31.5 Å². The summed E-state index contributed by atoms with van der Waals surface area (Å²) in [6.45, 7) is 2.68. The zero-order valence-corrected chi connectivity index (χ0v) is 16.5. The molecule has 1 aromatic heterocycles. The van der Waals surface area contributed by atoms with Crippen molar-refractivity contribution in [1.29, 1.82) is 0 Å². The van der Waals surface area contributed by atoms with E-state index in [1.54, 1.807) is 6.07 Å². The maximum absolute atomic E-state index is 12.5. The number of fused-ring (bicyclic) bond motifs is 1. The van der Waals surface area contributed by atoms with Crippen LogP contribution in [0.1, 0.15) is 29.0 Å². The van der Waals surface area contributed by atoms with Crippen LogP contribution in [0, 0.1) is 0 Å². The predicted octanol–water partition coefficient (Wildman–Crippen LogP) is 4.44. The van der Waals surface area contributed by atoms with Crippen LogP contribution >= 0.6 is 0 Å². The number of carbonyl (C=O) groups is 1. The molecule has 0 bridgehead atoms. The fourth-order valence-corrected chi connectivity index (χ4v) is 3.96. The van der Waals surface area contributed by atoms with Gasteiger partial charge in [-0.3, -0.25) is 4.79 Å². The van der Waals surface area contributed by atoms with Gasteiger partial charge in [-0.05, 0) is 24.3 Å². The van der Waals surface area contributed by atoms with Crippen molar-refractivity contribution in [2.24, 2.45) is 0 Å². The molecular weight excluding hydrogens is 352 g/mol. The Labute approximate surface area is 165 Å². The monoisotopic (exact) mass is 379 g/mol. The predicted molar refractivity (Wildman–Crippen MR) is 110 cm³/mol. The van der Waals surface area contributed by atoms with Gasteiger partial charge in [-0.25, -0.2) is 0 Å². The van der Waals surface area contributed by atoms with E-state index < -0.39 is 0 Å². The molecule has 0 spiro atoms. The van der Waals surface area contributed by atoms with E-state index in [1.165, 1.54) is 5.56 Å². The molecule has 3 aromatic rings. The highest BCUT2D eigenvalue weighted by Gasteiger charge is 2.30. The molecule has 146 valence electrons. The molecule has 1 N–H and O–H groups in total. The lowest BCUT2D eigenvalue weighted by Gasteiger charge is -2.40. The SMILES string of the molecule is C[N+](C)(Cc1ccc(NC(=O)c2cc3ccccc3o2)cc1)C1CCOCC1. The highest BCUT2D eigenvalue weighted by atomic mass is 16.5. The largest absolute Gasteiger partial charge is 0.451 e. The molecule has 28 heavy (non-hydrogen) atoms. The van der Waals surface area contributed by atoms with E-state index in [0.717, 1.165) is 53.7 Å². The molecule has 0 unspecified atom stereocenters. The number of benzene rings is 2. The molecule has 1 aliphatic rings. The third-order valence-corrected chi connectivity index (χ3v) is 5.63. The average molecular weight is 379 g/mol. The summed E-state index contributed by atoms with van der Waals surface area (Å²) in [7, 11) is 4.57. The smallest absolute Gasteiger partial charge is 0.291 e. The second-order valence-electron chi connectivity index (χ2n) is 8.08. The first-order valence-corrected chi connectivity index (χ1v) is 9.80. The van der Waals surface area contributed by atoms with Gasteiger partial charge in [0, 0.05) is 29.5 Å². The Hall–Kier alpha value is -2.63. The van der Waals surface area contributed by atoms with Gasteiger partial charge in [0.05, 0.1) is 33.4 Å². The first-order chi connectivity index (χ1) is 13.5. The Morgan fingerprint density at radius 3 is 2.50 bits per heavy atom. The van der Waals surface area contributed by atoms with E-state index >= 15 is 0 Å². The molecule has 2 aromatic carbocycles. The van der Waals surface area contributed by atoms with Crippen molar-refractivity contribution < 1.29 is 18.4 Å². The van der Waals surface area contributed by atoms with Crippen molar-refractivity contribution >= 4 is 22.6 Å². The van der Waals surface area contributed by atoms with Crippen molar-refractivity contribution in [3.8, 4) is 0 Å². The van der Waals surface area contributed by atoms with Gasteiger partial charge in [0.15, 0.2) is 5.76 Å². The van der Waals surface area contributed by atoms with E-state index in [9.17, 15) is 4.79 Å². The summed E-state index contributed by atoms with van der Waals surface area (Å²) in [5, 5.41) is 3.85. The number of ether oxygens (including phenoxy) is 1. The second-order valence-corrected chi connectivity index (χ2v) is 8.08. The molecule has 5 heteroatoms. The topological polar surface area (TPSA) is 51.5 Å². The first kappa shape index (κ1) is 18.7. The van der Waals surface area contributed by atoms with Gasteiger partial charge in [-0.1, -0.05) is 30.3 Å². The standard InChI is InChI=1S/C23H26N2O3/c1-25(2,20-11-13-27-14-12-20)16-17-7-9-19(10-8-17)24-23(26)22-15-18-5-3-4-6-21(18)28-22/h3-10,15,20H,11-14,16H2,1-2H3/p+1. The average Bonchev–Trinajstić information content (AvgIpc) is 3.14. The van der Waals surface area contributed by atoms with Crippen molar-refractivity contribution in [2.45, 2.75) is 25.4 Å². The number of amides is 1. The molecule has 1 saturated heterocycles. The maximum Gasteiger partial charge on any atom is 0.291 e. The number of anilines is 1. The number of nitrogens with zero attached hydrogens (tertiary/aromatic N) is 1. The van der Waals surface area contributed by atoms with Gasteiger partial charge in [0.2, 0.25) is 0 Å². The Morgan fingerprint density at radius 1 is 1.07 bits per heavy atom. The third-order valence-electron chi connectivity index (χ3n) is 5.63. The van der Waals surface area contributed by atoms with Gasteiger partial charge in [0.1, 0.15) is 12.1 Å². The Kier molecular flexibility index (Phi) is 5.20.